The largest absolute Gasteiger partial charge is 0.481 e. The molecule has 0 aromatic heterocycles. The highest BCUT2D eigenvalue weighted by Gasteiger charge is 2.29. The van der Waals surface area contributed by atoms with Crippen molar-refractivity contribution in [2.24, 2.45) is 5.92 Å². The second-order valence-corrected chi connectivity index (χ2v) is 5.42. The zero-order chi connectivity index (χ0) is 14.3. The van der Waals surface area contributed by atoms with Crippen LogP contribution in [0.15, 0.2) is 0 Å². The number of urea groups is 1. The van der Waals surface area contributed by atoms with Crippen LogP contribution in [0.25, 0.3) is 0 Å². The summed E-state index contributed by atoms with van der Waals surface area (Å²) < 4.78 is 5.37. The van der Waals surface area contributed by atoms with Gasteiger partial charge in [0.2, 0.25) is 0 Å². The van der Waals surface area contributed by atoms with E-state index in [2.05, 4.69) is 10.6 Å². The summed E-state index contributed by atoms with van der Waals surface area (Å²) >= 11 is 0. The van der Waals surface area contributed by atoms with Gasteiger partial charge in [-0.05, 0) is 25.7 Å². The van der Waals surface area contributed by atoms with E-state index in [9.17, 15) is 9.59 Å². The maximum Gasteiger partial charge on any atom is 0.315 e. The first-order valence-electron chi connectivity index (χ1n) is 6.81. The van der Waals surface area contributed by atoms with Crippen molar-refractivity contribution in [3.05, 3.63) is 0 Å². The Labute approximate surface area is 113 Å². The molecule has 1 aliphatic heterocycles. The van der Waals surface area contributed by atoms with Gasteiger partial charge in [0.1, 0.15) is 0 Å². The maximum absolute atomic E-state index is 11.8. The number of amides is 2. The van der Waals surface area contributed by atoms with Crippen LogP contribution in [0.5, 0.6) is 0 Å². The lowest BCUT2D eigenvalue weighted by molar-refractivity contribution is -0.138. The van der Waals surface area contributed by atoms with Crippen molar-refractivity contribution in [1.82, 2.24) is 10.6 Å². The molecular weight excluding hydrogens is 248 g/mol. The van der Waals surface area contributed by atoms with Crippen LogP contribution in [-0.2, 0) is 9.53 Å². The molecule has 0 aliphatic carbocycles. The normalized spacial score (nSPS) is 24.5. The van der Waals surface area contributed by atoms with Crippen LogP contribution in [0.3, 0.4) is 0 Å². The number of ether oxygens (including phenoxy) is 1. The van der Waals surface area contributed by atoms with Gasteiger partial charge in [-0.2, -0.15) is 0 Å². The number of rotatable bonds is 6. The van der Waals surface area contributed by atoms with Gasteiger partial charge in [0.15, 0.2) is 0 Å². The molecule has 0 spiro atoms. The Kier molecular flexibility index (Phi) is 6.08. The number of aliphatic carboxylic acids is 1. The van der Waals surface area contributed by atoms with Crippen LogP contribution in [-0.4, -0.2) is 42.4 Å². The highest BCUT2D eigenvalue weighted by molar-refractivity contribution is 5.75. The lowest BCUT2D eigenvalue weighted by Crippen LogP contribution is -2.55. The summed E-state index contributed by atoms with van der Waals surface area (Å²) in [6, 6.07) is -0.253. The van der Waals surface area contributed by atoms with Gasteiger partial charge in [0.05, 0.1) is 12.1 Å². The SMILES string of the molecule is CCC(CNC(=O)NC1(C)CCCOC1)CC(=O)O. The molecule has 2 atom stereocenters. The Bertz CT molecular complexity index is 314. The van der Waals surface area contributed by atoms with Gasteiger partial charge in [-0.25, -0.2) is 4.79 Å². The second-order valence-electron chi connectivity index (χ2n) is 5.42. The summed E-state index contributed by atoms with van der Waals surface area (Å²) in [5.41, 5.74) is -0.323. The molecule has 19 heavy (non-hydrogen) atoms. The first-order valence-corrected chi connectivity index (χ1v) is 6.81. The van der Waals surface area contributed by atoms with Crippen molar-refractivity contribution in [3.63, 3.8) is 0 Å². The Morgan fingerprint density at radius 3 is 2.74 bits per heavy atom. The third-order valence-corrected chi connectivity index (χ3v) is 3.45. The summed E-state index contributed by atoms with van der Waals surface area (Å²) in [7, 11) is 0. The molecule has 110 valence electrons. The van der Waals surface area contributed by atoms with E-state index >= 15 is 0 Å². The molecular formula is C13H24N2O4. The Morgan fingerprint density at radius 2 is 2.21 bits per heavy atom. The van der Waals surface area contributed by atoms with Crippen molar-refractivity contribution < 1.29 is 19.4 Å². The van der Waals surface area contributed by atoms with Crippen molar-refractivity contribution in [1.29, 1.82) is 0 Å². The molecule has 1 heterocycles. The fourth-order valence-electron chi connectivity index (χ4n) is 2.20. The van der Waals surface area contributed by atoms with Gasteiger partial charge < -0.3 is 20.5 Å². The number of carboxylic acid groups (broad SMARTS) is 1. The van der Waals surface area contributed by atoms with E-state index in [1.54, 1.807) is 0 Å². The van der Waals surface area contributed by atoms with E-state index in [4.69, 9.17) is 9.84 Å². The third kappa shape index (κ3) is 5.92. The predicted octanol–water partition coefficient (Wildman–Crippen LogP) is 1.36. The van der Waals surface area contributed by atoms with Crippen LogP contribution in [0.4, 0.5) is 4.79 Å². The van der Waals surface area contributed by atoms with Crippen molar-refractivity contribution in [2.75, 3.05) is 19.8 Å². The molecule has 3 N–H and O–H groups in total. The first-order chi connectivity index (χ1) is 8.95. The van der Waals surface area contributed by atoms with E-state index in [1.165, 1.54) is 0 Å². The summed E-state index contributed by atoms with van der Waals surface area (Å²) in [6.07, 6.45) is 2.64. The number of carbonyl (C=O) groups excluding carboxylic acids is 1. The minimum Gasteiger partial charge on any atom is -0.481 e. The summed E-state index contributed by atoms with van der Waals surface area (Å²) in [6.45, 7) is 5.53. The van der Waals surface area contributed by atoms with E-state index in [0.717, 1.165) is 25.9 Å². The lowest BCUT2D eigenvalue weighted by Gasteiger charge is -2.34. The van der Waals surface area contributed by atoms with Crippen LogP contribution in [0.2, 0.25) is 0 Å². The first kappa shape index (κ1) is 15.8. The third-order valence-electron chi connectivity index (χ3n) is 3.45. The van der Waals surface area contributed by atoms with E-state index in [0.29, 0.717) is 13.2 Å². The van der Waals surface area contributed by atoms with E-state index in [1.807, 2.05) is 13.8 Å². The van der Waals surface area contributed by atoms with Gasteiger partial charge in [-0.3, -0.25) is 4.79 Å². The lowest BCUT2D eigenvalue weighted by atomic mass is 9.95. The zero-order valence-electron chi connectivity index (χ0n) is 11.7. The van der Waals surface area contributed by atoms with Crippen molar-refractivity contribution >= 4 is 12.0 Å². The topological polar surface area (TPSA) is 87.7 Å². The molecule has 1 saturated heterocycles. The molecule has 0 aromatic rings. The van der Waals surface area contributed by atoms with Gasteiger partial charge in [0.25, 0.3) is 0 Å². The minimum absolute atomic E-state index is 0.0290. The van der Waals surface area contributed by atoms with Crippen LogP contribution in [0, 0.1) is 5.92 Å². The molecule has 1 rings (SSSR count). The molecule has 6 heteroatoms. The minimum atomic E-state index is -0.832. The number of hydrogen-bond acceptors (Lipinski definition) is 3. The Balaban J connectivity index is 2.31. The summed E-state index contributed by atoms with van der Waals surface area (Å²) in [5, 5.41) is 14.4. The van der Waals surface area contributed by atoms with Gasteiger partial charge in [0, 0.05) is 19.6 Å². The molecule has 0 saturated carbocycles. The number of nitrogens with one attached hydrogen (secondary N) is 2. The molecule has 2 unspecified atom stereocenters. The van der Waals surface area contributed by atoms with Gasteiger partial charge in [-0.1, -0.05) is 13.3 Å². The number of hydrogen-bond donors (Lipinski definition) is 3. The highest BCUT2D eigenvalue weighted by atomic mass is 16.5. The van der Waals surface area contributed by atoms with E-state index in [-0.39, 0.29) is 23.9 Å². The number of carbonyl (C=O) groups is 2. The van der Waals surface area contributed by atoms with Crippen molar-refractivity contribution in [3.8, 4) is 0 Å². The Morgan fingerprint density at radius 1 is 1.47 bits per heavy atom. The molecule has 0 bridgehead atoms. The molecule has 0 radical (unpaired) electrons. The molecule has 1 fully saturated rings. The standard InChI is InChI=1S/C13H24N2O4/c1-3-10(7-11(16)17)8-14-12(18)15-13(2)5-4-6-19-9-13/h10H,3-9H2,1-2H3,(H,16,17)(H2,14,15,18). The Hall–Kier alpha value is -1.30. The van der Waals surface area contributed by atoms with Gasteiger partial charge in [-0.15, -0.1) is 0 Å². The molecule has 6 nitrogen and oxygen atoms in total. The second kappa shape index (κ2) is 7.33. The fraction of sp³-hybridized carbons (Fsp3) is 0.846. The van der Waals surface area contributed by atoms with Crippen LogP contribution in [0.1, 0.15) is 39.5 Å². The number of carboxylic acids is 1. The molecule has 0 aromatic carbocycles. The molecule has 2 amide bonds. The quantitative estimate of drug-likeness (QED) is 0.681. The van der Waals surface area contributed by atoms with E-state index < -0.39 is 5.97 Å². The summed E-state index contributed by atoms with van der Waals surface area (Å²) in [5.74, 6) is -0.861. The maximum atomic E-state index is 11.8. The fourth-order valence-corrected chi connectivity index (χ4v) is 2.20. The zero-order valence-corrected chi connectivity index (χ0v) is 11.7. The monoisotopic (exact) mass is 272 g/mol. The van der Waals surface area contributed by atoms with Crippen LogP contribution < -0.4 is 10.6 Å². The predicted molar refractivity (Wildman–Crippen MR) is 71.0 cm³/mol. The van der Waals surface area contributed by atoms with Crippen LogP contribution >= 0.6 is 0 Å². The summed E-state index contributed by atoms with van der Waals surface area (Å²) in [4.78, 5) is 22.4. The molecule has 1 aliphatic rings. The highest BCUT2D eigenvalue weighted by Crippen LogP contribution is 2.18. The average molecular weight is 272 g/mol. The van der Waals surface area contributed by atoms with Gasteiger partial charge >= 0.3 is 12.0 Å². The average Bonchev–Trinajstić information content (AvgIpc) is 2.34. The smallest absolute Gasteiger partial charge is 0.315 e. The van der Waals surface area contributed by atoms with Crippen molar-refractivity contribution in [2.45, 2.75) is 45.1 Å².